The second-order valence-electron chi connectivity index (χ2n) is 5.87. The fourth-order valence-electron chi connectivity index (χ4n) is 2.86. The maximum atomic E-state index is 12.5. The number of hydrogen-bond acceptors (Lipinski definition) is 5. The number of rotatable bonds is 6. The van der Waals surface area contributed by atoms with Crippen LogP contribution in [0.5, 0.6) is 0 Å². The van der Waals surface area contributed by atoms with E-state index in [1.54, 1.807) is 24.1 Å². The highest BCUT2D eigenvalue weighted by molar-refractivity contribution is 5.91. The molecule has 1 N–H and O–H groups in total. The van der Waals surface area contributed by atoms with Crippen molar-refractivity contribution in [1.29, 1.82) is 0 Å². The predicted molar refractivity (Wildman–Crippen MR) is 77.9 cm³/mol. The third kappa shape index (κ3) is 3.84. The number of hydrogen-bond donors (Lipinski definition) is 1. The van der Waals surface area contributed by atoms with Crippen LogP contribution in [0.2, 0.25) is 0 Å². The zero-order valence-corrected chi connectivity index (χ0v) is 12.9. The summed E-state index contributed by atoms with van der Waals surface area (Å²) in [4.78, 5) is 16.3. The Morgan fingerprint density at radius 3 is 2.76 bits per heavy atom. The fourth-order valence-corrected chi connectivity index (χ4v) is 2.86. The van der Waals surface area contributed by atoms with E-state index in [9.17, 15) is 9.90 Å². The number of ether oxygens (including phenoxy) is 1. The van der Waals surface area contributed by atoms with Crippen LogP contribution in [0.1, 0.15) is 16.3 Å². The van der Waals surface area contributed by atoms with Crippen molar-refractivity contribution in [2.24, 2.45) is 11.8 Å². The lowest BCUT2D eigenvalue weighted by atomic mass is 9.97. The molecule has 2 atom stereocenters. The van der Waals surface area contributed by atoms with E-state index in [1.807, 2.05) is 14.1 Å². The van der Waals surface area contributed by atoms with Gasteiger partial charge in [0.1, 0.15) is 12.4 Å². The SMILES string of the molecule is COCc1ccc(C(=O)N2C[C@@H](CN(C)C)[C@@H](CO)C2)o1. The minimum Gasteiger partial charge on any atom is -0.453 e. The molecule has 2 rings (SSSR count). The number of methoxy groups -OCH3 is 1. The first-order chi connectivity index (χ1) is 10.0. The molecule has 6 heteroatoms. The second kappa shape index (κ2) is 7.06. The topological polar surface area (TPSA) is 66.2 Å². The van der Waals surface area contributed by atoms with Crippen LogP contribution in [0.3, 0.4) is 0 Å². The van der Waals surface area contributed by atoms with Gasteiger partial charge in [-0.2, -0.15) is 0 Å². The first-order valence-corrected chi connectivity index (χ1v) is 7.17. The quantitative estimate of drug-likeness (QED) is 0.836. The van der Waals surface area contributed by atoms with Gasteiger partial charge in [-0.25, -0.2) is 0 Å². The average molecular weight is 296 g/mol. The monoisotopic (exact) mass is 296 g/mol. The number of furan rings is 1. The smallest absolute Gasteiger partial charge is 0.289 e. The van der Waals surface area contributed by atoms with Crippen molar-refractivity contribution in [2.75, 3.05) is 47.4 Å². The van der Waals surface area contributed by atoms with Crippen LogP contribution in [-0.4, -0.2) is 68.3 Å². The van der Waals surface area contributed by atoms with Gasteiger partial charge in [0, 0.05) is 39.3 Å². The third-order valence-corrected chi connectivity index (χ3v) is 3.86. The fraction of sp³-hybridized carbons (Fsp3) is 0.667. The number of nitrogens with zero attached hydrogens (tertiary/aromatic N) is 2. The molecule has 0 spiro atoms. The van der Waals surface area contributed by atoms with Crippen molar-refractivity contribution in [1.82, 2.24) is 9.80 Å². The average Bonchev–Trinajstić information content (AvgIpc) is 3.04. The Hall–Kier alpha value is -1.37. The molecule has 1 saturated heterocycles. The van der Waals surface area contributed by atoms with Gasteiger partial charge < -0.3 is 24.1 Å². The van der Waals surface area contributed by atoms with E-state index < -0.39 is 0 Å². The van der Waals surface area contributed by atoms with E-state index in [2.05, 4.69) is 4.90 Å². The molecule has 0 aromatic carbocycles. The second-order valence-corrected chi connectivity index (χ2v) is 5.87. The number of aliphatic hydroxyl groups is 1. The van der Waals surface area contributed by atoms with Gasteiger partial charge in [0.2, 0.25) is 0 Å². The summed E-state index contributed by atoms with van der Waals surface area (Å²) in [7, 11) is 5.59. The van der Waals surface area contributed by atoms with Gasteiger partial charge in [0.05, 0.1) is 0 Å². The van der Waals surface area contributed by atoms with E-state index in [1.165, 1.54) is 0 Å². The van der Waals surface area contributed by atoms with Crippen LogP contribution in [0, 0.1) is 11.8 Å². The van der Waals surface area contributed by atoms with E-state index in [4.69, 9.17) is 9.15 Å². The van der Waals surface area contributed by atoms with Crippen molar-refractivity contribution in [3.63, 3.8) is 0 Å². The van der Waals surface area contributed by atoms with Gasteiger partial charge in [-0.3, -0.25) is 4.79 Å². The number of amides is 1. The zero-order valence-electron chi connectivity index (χ0n) is 12.9. The van der Waals surface area contributed by atoms with Crippen molar-refractivity contribution in [3.8, 4) is 0 Å². The van der Waals surface area contributed by atoms with Crippen LogP contribution in [-0.2, 0) is 11.3 Å². The van der Waals surface area contributed by atoms with Crippen molar-refractivity contribution in [2.45, 2.75) is 6.61 Å². The molecule has 1 fully saturated rings. The van der Waals surface area contributed by atoms with Gasteiger partial charge in [0.15, 0.2) is 5.76 Å². The van der Waals surface area contributed by atoms with Crippen LogP contribution < -0.4 is 0 Å². The van der Waals surface area contributed by atoms with E-state index in [0.717, 1.165) is 6.54 Å². The Morgan fingerprint density at radius 2 is 2.14 bits per heavy atom. The minimum atomic E-state index is -0.114. The molecular formula is C15H24N2O4. The molecule has 0 radical (unpaired) electrons. The van der Waals surface area contributed by atoms with Crippen molar-refractivity contribution in [3.05, 3.63) is 23.7 Å². The van der Waals surface area contributed by atoms with Gasteiger partial charge >= 0.3 is 0 Å². The van der Waals surface area contributed by atoms with Crippen LogP contribution in [0.25, 0.3) is 0 Å². The Kier molecular flexibility index (Phi) is 5.39. The summed E-state index contributed by atoms with van der Waals surface area (Å²) in [5.41, 5.74) is 0. The highest BCUT2D eigenvalue weighted by Gasteiger charge is 2.36. The van der Waals surface area contributed by atoms with Gasteiger partial charge in [-0.15, -0.1) is 0 Å². The van der Waals surface area contributed by atoms with E-state index in [0.29, 0.717) is 37.1 Å². The molecule has 0 unspecified atom stereocenters. The van der Waals surface area contributed by atoms with E-state index in [-0.39, 0.29) is 18.4 Å². The van der Waals surface area contributed by atoms with Gasteiger partial charge in [0.25, 0.3) is 5.91 Å². The highest BCUT2D eigenvalue weighted by Crippen LogP contribution is 2.25. The third-order valence-electron chi connectivity index (χ3n) is 3.86. The number of carbonyl (C=O) groups excluding carboxylic acids is 1. The largest absolute Gasteiger partial charge is 0.453 e. The molecule has 1 aromatic heterocycles. The van der Waals surface area contributed by atoms with Crippen molar-refractivity contribution >= 4 is 5.91 Å². The molecule has 118 valence electrons. The van der Waals surface area contributed by atoms with Crippen molar-refractivity contribution < 1.29 is 19.1 Å². The molecule has 1 aliphatic heterocycles. The van der Waals surface area contributed by atoms with Crippen LogP contribution >= 0.6 is 0 Å². The maximum absolute atomic E-state index is 12.5. The van der Waals surface area contributed by atoms with Gasteiger partial charge in [-0.05, 0) is 32.1 Å². The lowest BCUT2D eigenvalue weighted by Crippen LogP contribution is -2.30. The number of aliphatic hydroxyl groups excluding tert-OH is 1. The van der Waals surface area contributed by atoms with Crippen LogP contribution in [0.4, 0.5) is 0 Å². The summed E-state index contributed by atoms with van der Waals surface area (Å²) < 4.78 is 10.5. The molecule has 2 heterocycles. The Bertz CT molecular complexity index is 472. The molecule has 0 saturated carbocycles. The molecule has 21 heavy (non-hydrogen) atoms. The summed E-state index contributed by atoms with van der Waals surface area (Å²) in [6.45, 7) is 2.56. The summed E-state index contributed by atoms with van der Waals surface area (Å²) >= 11 is 0. The minimum absolute atomic E-state index is 0.107. The van der Waals surface area contributed by atoms with Crippen LogP contribution in [0.15, 0.2) is 16.5 Å². The zero-order chi connectivity index (χ0) is 15.4. The standard InChI is InChI=1S/C15H24N2O4/c1-16(2)6-11-7-17(8-12(11)9-18)15(19)14-5-4-13(21-14)10-20-3/h4-5,11-12,18H,6-10H2,1-3H3/t11-,12-/m1/s1. The van der Waals surface area contributed by atoms with E-state index >= 15 is 0 Å². The summed E-state index contributed by atoms with van der Waals surface area (Å²) in [6.07, 6.45) is 0. The lowest BCUT2D eigenvalue weighted by molar-refractivity contribution is 0.0740. The molecule has 0 bridgehead atoms. The molecule has 1 aliphatic rings. The molecular weight excluding hydrogens is 272 g/mol. The Labute approximate surface area is 125 Å². The Morgan fingerprint density at radius 1 is 1.43 bits per heavy atom. The normalized spacial score (nSPS) is 22.2. The highest BCUT2D eigenvalue weighted by atomic mass is 16.5. The molecule has 6 nitrogen and oxygen atoms in total. The molecule has 1 amide bonds. The maximum Gasteiger partial charge on any atom is 0.289 e. The number of carbonyl (C=O) groups is 1. The van der Waals surface area contributed by atoms with Gasteiger partial charge in [-0.1, -0.05) is 0 Å². The lowest BCUT2D eigenvalue weighted by Gasteiger charge is -2.20. The Balaban J connectivity index is 2.02. The molecule has 0 aliphatic carbocycles. The summed E-state index contributed by atoms with van der Waals surface area (Å²) in [5, 5.41) is 9.50. The molecule has 1 aromatic rings. The predicted octanol–water partition coefficient (Wildman–Crippen LogP) is 0.668. The first kappa shape index (κ1) is 16.0. The summed E-state index contributed by atoms with van der Waals surface area (Å²) in [6, 6.07) is 3.44. The summed E-state index contributed by atoms with van der Waals surface area (Å²) in [5.74, 6) is 1.29. The first-order valence-electron chi connectivity index (χ1n) is 7.17. The number of likely N-dealkylation sites (tertiary alicyclic amines) is 1.